The number of hydrogen-bond acceptors (Lipinski definition) is 3. The number of amides is 1. The fraction of sp³-hybridized carbons (Fsp3) is 0.474. The summed E-state index contributed by atoms with van der Waals surface area (Å²) in [6.45, 7) is 3.49. The van der Waals surface area contributed by atoms with E-state index in [1.807, 2.05) is 43.3 Å². The van der Waals surface area contributed by atoms with Gasteiger partial charge in [-0.2, -0.15) is 0 Å². The molecule has 0 aromatic heterocycles. The predicted octanol–water partition coefficient (Wildman–Crippen LogP) is 2.36. The number of carbonyl (C=O) groups is 2. The molecule has 3 rings (SSSR count). The summed E-state index contributed by atoms with van der Waals surface area (Å²) in [6, 6.07) is 7.82. The Balaban J connectivity index is 1.66. The van der Waals surface area contributed by atoms with Gasteiger partial charge in [-0.1, -0.05) is 36.4 Å². The van der Waals surface area contributed by atoms with E-state index < -0.39 is 17.8 Å². The normalized spacial score (nSPS) is 27.4. The van der Waals surface area contributed by atoms with E-state index in [9.17, 15) is 14.7 Å². The third-order valence-electron chi connectivity index (χ3n) is 5.08. The van der Waals surface area contributed by atoms with Crippen LogP contribution >= 0.6 is 0 Å². The third kappa shape index (κ3) is 3.22. The number of nitrogens with one attached hydrogen (secondary N) is 1. The van der Waals surface area contributed by atoms with Crippen LogP contribution in [0.4, 0.5) is 0 Å². The molecule has 128 valence electrons. The molecule has 0 unspecified atom stereocenters. The van der Waals surface area contributed by atoms with Gasteiger partial charge in [-0.15, -0.1) is 0 Å². The minimum Gasteiger partial charge on any atom is -0.481 e. The average molecular weight is 329 g/mol. The number of fused-ring (bicyclic) bond motifs is 2. The van der Waals surface area contributed by atoms with E-state index in [1.165, 1.54) is 0 Å². The molecule has 1 fully saturated rings. The maximum Gasteiger partial charge on any atom is 0.307 e. The van der Waals surface area contributed by atoms with Gasteiger partial charge in [0.05, 0.1) is 18.4 Å². The van der Waals surface area contributed by atoms with Crippen LogP contribution < -0.4 is 5.32 Å². The highest BCUT2D eigenvalue weighted by atomic mass is 16.5. The summed E-state index contributed by atoms with van der Waals surface area (Å²) in [5, 5.41) is 12.4. The van der Waals surface area contributed by atoms with Crippen LogP contribution in [0.5, 0.6) is 0 Å². The number of benzene rings is 1. The lowest BCUT2D eigenvalue weighted by molar-refractivity contribution is -0.147. The van der Waals surface area contributed by atoms with E-state index in [2.05, 4.69) is 5.32 Å². The SMILES string of the molecule is CCOCc1ccccc1CNC(=O)[C@H]1[C@@H](C(=O)O)[C@H]2C=C[C@H]1C2. The Kier molecular flexibility index (Phi) is 5.00. The quantitative estimate of drug-likeness (QED) is 0.753. The van der Waals surface area contributed by atoms with Crippen molar-refractivity contribution in [2.45, 2.75) is 26.5 Å². The first kappa shape index (κ1) is 16.7. The minimum atomic E-state index is -0.872. The molecule has 1 aromatic carbocycles. The molecule has 0 aliphatic heterocycles. The Labute approximate surface area is 141 Å². The zero-order valence-corrected chi connectivity index (χ0v) is 13.8. The predicted molar refractivity (Wildman–Crippen MR) is 89.0 cm³/mol. The van der Waals surface area contributed by atoms with Crippen molar-refractivity contribution >= 4 is 11.9 Å². The Hall–Kier alpha value is -2.14. The molecule has 4 atom stereocenters. The lowest BCUT2D eigenvalue weighted by atomic mass is 9.82. The second kappa shape index (κ2) is 7.18. The molecule has 0 saturated heterocycles. The molecule has 2 aliphatic rings. The van der Waals surface area contributed by atoms with Crippen molar-refractivity contribution in [3.05, 3.63) is 47.5 Å². The lowest BCUT2D eigenvalue weighted by Crippen LogP contribution is -2.40. The number of aliphatic carboxylic acids is 1. The molecule has 0 heterocycles. The van der Waals surface area contributed by atoms with Crippen LogP contribution in [0, 0.1) is 23.7 Å². The maximum atomic E-state index is 12.6. The Morgan fingerprint density at radius 1 is 1.17 bits per heavy atom. The van der Waals surface area contributed by atoms with Gasteiger partial charge in [0.15, 0.2) is 0 Å². The van der Waals surface area contributed by atoms with Crippen LogP contribution in [-0.2, 0) is 27.5 Å². The number of hydrogen-bond donors (Lipinski definition) is 2. The molecule has 2 N–H and O–H groups in total. The largest absolute Gasteiger partial charge is 0.481 e. The molecule has 1 aromatic rings. The van der Waals surface area contributed by atoms with Crippen molar-refractivity contribution in [2.75, 3.05) is 6.61 Å². The molecule has 2 bridgehead atoms. The van der Waals surface area contributed by atoms with Crippen molar-refractivity contribution in [1.29, 1.82) is 0 Å². The zero-order chi connectivity index (χ0) is 17.1. The highest BCUT2D eigenvalue weighted by molar-refractivity contribution is 5.86. The van der Waals surface area contributed by atoms with Crippen LogP contribution in [0.25, 0.3) is 0 Å². The Morgan fingerprint density at radius 2 is 1.83 bits per heavy atom. The summed E-state index contributed by atoms with van der Waals surface area (Å²) in [5.41, 5.74) is 2.05. The van der Waals surface area contributed by atoms with E-state index in [0.717, 1.165) is 17.5 Å². The van der Waals surface area contributed by atoms with Crippen molar-refractivity contribution in [2.24, 2.45) is 23.7 Å². The van der Waals surface area contributed by atoms with E-state index in [-0.39, 0.29) is 17.7 Å². The molecule has 1 amide bonds. The lowest BCUT2D eigenvalue weighted by Gasteiger charge is -2.24. The van der Waals surface area contributed by atoms with Gasteiger partial charge in [-0.3, -0.25) is 9.59 Å². The first-order valence-corrected chi connectivity index (χ1v) is 8.45. The number of carboxylic acids is 1. The molecular weight excluding hydrogens is 306 g/mol. The van der Waals surface area contributed by atoms with Gasteiger partial charge in [0.25, 0.3) is 0 Å². The summed E-state index contributed by atoms with van der Waals surface area (Å²) in [7, 11) is 0. The molecule has 5 heteroatoms. The summed E-state index contributed by atoms with van der Waals surface area (Å²) < 4.78 is 5.46. The van der Waals surface area contributed by atoms with Crippen LogP contribution in [-0.4, -0.2) is 23.6 Å². The molecule has 24 heavy (non-hydrogen) atoms. The first-order valence-electron chi connectivity index (χ1n) is 8.45. The summed E-state index contributed by atoms with van der Waals surface area (Å²) in [6.07, 6.45) is 4.72. The first-order chi connectivity index (χ1) is 11.6. The van der Waals surface area contributed by atoms with Crippen molar-refractivity contribution in [1.82, 2.24) is 5.32 Å². The standard InChI is InChI=1S/C19H23NO4/c1-2-24-11-15-6-4-3-5-14(15)10-20-18(21)16-12-7-8-13(9-12)17(16)19(22)23/h3-8,12-13,16-17H,2,9-11H2,1H3,(H,20,21)(H,22,23)/t12-,13-,16+,17-/m0/s1. The van der Waals surface area contributed by atoms with Gasteiger partial charge in [0.1, 0.15) is 0 Å². The second-order valence-electron chi connectivity index (χ2n) is 6.46. The number of carboxylic acid groups (broad SMARTS) is 1. The summed E-state index contributed by atoms with van der Waals surface area (Å²) in [5.74, 6) is -2.05. The van der Waals surface area contributed by atoms with Crippen molar-refractivity contribution < 1.29 is 19.4 Å². The number of allylic oxidation sites excluding steroid dienone is 2. The highest BCUT2D eigenvalue weighted by Crippen LogP contribution is 2.48. The van der Waals surface area contributed by atoms with E-state index in [0.29, 0.717) is 19.8 Å². The molecule has 0 radical (unpaired) electrons. The van der Waals surface area contributed by atoms with Gasteiger partial charge in [-0.05, 0) is 36.3 Å². The zero-order valence-electron chi connectivity index (χ0n) is 13.8. The highest BCUT2D eigenvalue weighted by Gasteiger charge is 2.51. The van der Waals surface area contributed by atoms with Gasteiger partial charge in [0.2, 0.25) is 5.91 Å². The van der Waals surface area contributed by atoms with E-state index >= 15 is 0 Å². The van der Waals surface area contributed by atoms with Gasteiger partial charge in [-0.25, -0.2) is 0 Å². The second-order valence-corrected chi connectivity index (χ2v) is 6.46. The Bertz CT molecular complexity index is 655. The van der Waals surface area contributed by atoms with Gasteiger partial charge in [0, 0.05) is 13.2 Å². The topological polar surface area (TPSA) is 75.6 Å². The maximum absolute atomic E-state index is 12.6. The third-order valence-corrected chi connectivity index (χ3v) is 5.08. The van der Waals surface area contributed by atoms with E-state index in [1.54, 1.807) is 0 Å². The number of rotatable bonds is 7. The fourth-order valence-corrected chi connectivity index (χ4v) is 3.90. The van der Waals surface area contributed by atoms with Crippen LogP contribution in [0.3, 0.4) is 0 Å². The molecular formula is C19H23NO4. The van der Waals surface area contributed by atoms with Gasteiger partial charge >= 0.3 is 5.97 Å². The average Bonchev–Trinajstić information content (AvgIpc) is 3.19. The molecule has 5 nitrogen and oxygen atoms in total. The van der Waals surface area contributed by atoms with Crippen LogP contribution in [0.2, 0.25) is 0 Å². The van der Waals surface area contributed by atoms with Crippen molar-refractivity contribution in [3.8, 4) is 0 Å². The van der Waals surface area contributed by atoms with Crippen LogP contribution in [0.15, 0.2) is 36.4 Å². The van der Waals surface area contributed by atoms with Crippen LogP contribution in [0.1, 0.15) is 24.5 Å². The summed E-state index contributed by atoms with van der Waals surface area (Å²) >= 11 is 0. The molecule has 2 aliphatic carbocycles. The monoisotopic (exact) mass is 329 g/mol. The smallest absolute Gasteiger partial charge is 0.307 e. The van der Waals surface area contributed by atoms with Gasteiger partial charge < -0.3 is 15.2 Å². The fourth-order valence-electron chi connectivity index (χ4n) is 3.90. The number of carbonyl (C=O) groups excluding carboxylic acids is 1. The number of ether oxygens (including phenoxy) is 1. The molecule has 1 saturated carbocycles. The summed E-state index contributed by atoms with van der Waals surface area (Å²) in [4.78, 5) is 24.1. The van der Waals surface area contributed by atoms with Crippen molar-refractivity contribution in [3.63, 3.8) is 0 Å². The Morgan fingerprint density at radius 3 is 2.50 bits per heavy atom. The minimum absolute atomic E-state index is 0.00603. The molecule has 0 spiro atoms. The van der Waals surface area contributed by atoms with E-state index in [4.69, 9.17) is 4.74 Å².